The maximum atomic E-state index is 12.6. The van der Waals surface area contributed by atoms with Crippen LogP contribution in [0.15, 0.2) is 29.1 Å². The summed E-state index contributed by atoms with van der Waals surface area (Å²) in [5, 5.41) is 16.6. The molecule has 1 unspecified atom stereocenters. The number of aliphatic hydroxyl groups is 1. The molecule has 6 nitrogen and oxygen atoms in total. The van der Waals surface area contributed by atoms with E-state index in [1.807, 2.05) is 0 Å². The largest absolute Gasteiger partial charge is 0.396 e. The van der Waals surface area contributed by atoms with Crippen molar-refractivity contribution in [1.29, 1.82) is 0 Å². The van der Waals surface area contributed by atoms with Crippen LogP contribution in [0.3, 0.4) is 0 Å². The van der Waals surface area contributed by atoms with E-state index in [1.54, 1.807) is 29.2 Å². The van der Waals surface area contributed by atoms with Gasteiger partial charge in [0.05, 0.1) is 5.39 Å². The lowest BCUT2D eigenvalue weighted by molar-refractivity contribution is 0.0616. The average molecular weight is 287 g/mol. The highest BCUT2D eigenvalue weighted by atomic mass is 16.3. The molecule has 2 aromatic rings. The van der Waals surface area contributed by atoms with Gasteiger partial charge in [-0.05, 0) is 24.8 Å². The smallest absolute Gasteiger partial charge is 0.274 e. The zero-order valence-corrected chi connectivity index (χ0v) is 11.6. The second-order valence-corrected chi connectivity index (χ2v) is 5.39. The van der Waals surface area contributed by atoms with E-state index in [-0.39, 0.29) is 29.7 Å². The van der Waals surface area contributed by atoms with Crippen molar-refractivity contribution in [2.75, 3.05) is 19.7 Å². The van der Waals surface area contributed by atoms with Gasteiger partial charge in [0.25, 0.3) is 11.5 Å². The first-order valence-electron chi connectivity index (χ1n) is 7.08. The number of aromatic amines is 1. The second kappa shape index (κ2) is 5.65. The highest BCUT2D eigenvalue weighted by molar-refractivity contribution is 6.04. The minimum atomic E-state index is -0.297. The lowest BCUT2D eigenvalue weighted by atomic mass is 9.98. The summed E-state index contributed by atoms with van der Waals surface area (Å²) >= 11 is 0. The van der Waals surface area contributed by atoms with E-state index in [1.165, 1.54) is 0 Å². The van der Waals surface area contributed by atoms with Gasteiger partial charge in [0, 0.05) is 25.1 Å². The molecule has 2 heterocycles. The first kappa shape index (κ1) is 13.8. The molecule has 1 atom stereocenters. The van der Waals surface area contributed by atoms with Crippen molar-refractivity contribution in [2.45, 2.75) is 12.8 Å². The molecule has 0 radical (unpaired) electrons. The number of nitrogens with zero attached hydrogens (tertiary/aromatic N) is 2. The normalized spacial score (nSPS) is 18.9. The van der Waals surface area contributed by atoms with Crippen LogP contribution in [-0.4, -0.2) is 45.8 Å². The van der Waals surface area contributed by atoms with E-state index < -0.39 is 0 Å². The molecule has 2 N–H and O–H groups in total. The van der Waals surface area contributed by atoms with Crippen LogP contribution in [0.2, 0.25) is 0 Å². The molecule has 6 heteroatoms. The predicted octanol–water partition coefficient (Wildman–Crippen LogP) is 0.768. The third-order valence-electron chi connectivity index (χ3n) is 3.96. The number of carbonyl (C=O) groups excluding carboxylic acids is 1. The number of nitrogens with one attached hydrogen (secondary N) is 1. The van der Waals surface area contributed by atoms with E-state index in [9.17, 15) is 14.7 Å². The molecule has 1 fully saturated rings. The van der Waals surface area contributed by atoms with Crippen LogP contribution in [0.5, 0.6) is 0 Å². The van der Waals surface area contributed by atoms with Crippen molar-refractivity contribution < 1.29 is 9.90 Å². The first-order valence-corrected chi connectivity index (χ1v) is 7.08. The number of rotatable bonds is 2. The molecule has 1 aromatic heterocycles. The number of amides is 1. The minimum Gasteiger partial charge on any atom is -0.396 e. The van der Waals surface area contributed by atoms with Gasteiger partial charge in [0.2, 0.25) is 0 Å². The number of carbonyl (C=O) groups is 1. The fraction of sp³-hybridized carbons (Fsp3) is 0.400. The number of fused-ring (bicyclic) bond motifs is 1. The van der Waals surface area contributed by atoms with Gasteiger partial charge in [-0.15, -0.1) is 0 Å². The summed E-state index contributed by atoms with van der Waals surface area (Å²) < 4.78 is 0. The second-order valence-electron chi connectivity index (χ2n) is 5.39. The quantitative estimate of drug-likeness (QED) is 0.854. The van der Waals surface area contributed by atoms with Gasteiger partial charge in [-0.25, -0.2) is 5.10 Å². The fourth-order valence-electron chi connectivity index (χ4n) is 2.83. The molecule has 1 aliphatic heterocycles. The summed E-state index contributed by atoms with van der Waals surface area (Å²) in [7, 11) is 0. The topological polar surface area (TPSA) is 86.3 Å². The van der Waals surface area contributed by atoms with Gasteiger partial charge in [0.15, 0.2) is 5.69 Å². The number of aromatic nitrogens is 2. The van der Waals surface area contributed by atoms with Crippen molar-refractivity contribution in [3.63, 3.8) is 0 Å². The average Bonchev–Trinajstić information content (AvgIpc) is 2.55. The van der Waals surface area contributed by atoms with Crippen molar-refractivity contribution in [3.05, 3.63) is 40.3 Å². The first-order chi connectivity index (χ1) is 10.2. The Morgan fingerprint density at radius 3 is 2.90 bits per heavy atom. The molecule has 1 aromatic carbocycles. The Hall–Kier alpha value is -2.21. The number of H-pyrrole nitrogens is 1. The zero-order valence-electron chi connectivity index (χ0n) is 11.6. The number of aliphatic hydroxyl groups excluding tert-OH is 1. The number of hydrogen-bond acceptors (Lipinski definition) is 4. The molecule has 1 aliphatic rings. The van der Waals surface area contributed by atoms with Gasteiger partial charge >= 0.3 is 0 Å². The summed E-state index contributed by atoms with van der Waals surface area (Å²) in [6.07, 6.45) is 1.80. The molecule has 110 valence electrons. The van der Waals surface area contributed by atoms with Crippen LogP contribution in [0.25, 0.3) is 10.8 Å². The molecular weight excluding hydrogens is 270 g/mol. The van der Waals surface area contributed by atoms with Gasteiger partial charge < -0.3 is 10.0 Å². The molecular formula is C15H17N3O3. The summed E-state index contributed by atoms with van der Waals surface area (Å²) in [6, 6.07) is 6.96. The van der Waals surface area contributed by atoms with Crippen LogP contribution in [0.4, 0.5) is 0 Å². The number of benzene rings is 1. The molecule has 3 rings (SSSR count). The Kier molecular flexibility index (Phi) is 3.70. The van der Waals surface area contributed by atoms with Gasteiger partial charge in [-0.2, -0.15) is 5.10 Å². The van der Waals surface area contributed by atoms with Crippen molar-refractivity contribution in [1.82, 2.24) is 15.1 Å². The predicted molar refractivity (Wildman–Crippen MR) is 78.1 cm³/mol. The Labute approximate surface area is 121 Å². The van der Waals surface area contributed by atoms with Crippen LogP contribution < -0.4 is 5.56 Å². The monoisotopic (exact) mass is 287 g/mol. The zero-order chi connectivity index (χ0) is 14.8. The maximum absolute atomic E-state index is 12.6. The highest BCUT2D eigenvalue weighted by Gasteiger charge is 2.26. The molecule has 0 aliphatic carbocycles. The van der Waals surface area contributed by atoms with Crippen LogP contribution in [-0.2, 0) is 0 Å². The van der Waals surface area contributed by atoms with Crippen LogP contribution in [0.1, 0.15) is 23.3 Å². The maximum Gasteiger partial charge on any atom is 0.274 e. The van der Waals surface area contributed by atoms with Gasteiger partial charge in [-0.1, -0.05) is 18.2 Å². The van der Waals surface area contributed by atoms with Crippen LogP contribution >= 0.6 is 0 Å². The standard InChI is InChI=1S/C15H17N3O3/c19-9-10-4-3-7-18(8-10)15(21)13-11-5-1-2-6-12(11)14(20)17-16-13/h1-2,5-6,10,19H,3-4,7-9H2,(H,17,20). The van der Waals surface area contributed by atoms with E-state index in [4.69, 9.17) is 0 Å². The third-order valence-corrected chi connectivity index (χ3v) is 3.96. The van der Waals surface area contributed by atoms with Gasteiger partial charge in [0.1, 0.15) is 0 Å². The van der Waals surface area contributed by atoms with Gasteiger partial charge in [-0.3, -0.25) is 9.59 Å². The number of piperidine rings is 1. The van der Waals surface area contributed by atoms with Crippen LogP contribution in [0, 0.1) is 5.92 Å². The van der Waals surface area contributed by atoms with Crippen molar-refractivity contribution >= 4 is 16.7 Å². The Morgan fingerprint density at radius 2 is 2.14 bits per heavy atom. The highest BCUT2D eigenvalue weighted by Crippen LogP contribution is 2.20. The molecule has 1 amide bonds. The molecule has 0 saturated carbocycles. The van der Waals surface area contributed by atoms with E-state index in [0.29, 0.717) is 23.9 Å². The van der Waals surface area contributed by atoms with E-state index in [0.717, 1.165) is 12.8 Å². The van der Waals surface area contributed by atoms with E-state index >= 15 is 0 Å². The summed E-state index contributed by atoms with van der Waals surface area (Å²) in [5.74, 6) is -0.0719. The lowest BCUT2D eigenvalue weighted by Crippen LogP contribution is -2.41. The molecule has 21 heavy (non-hydrogen) atoms. The SMILES string of the molecule is O=C(c1n[nH]c(=O)c2ccccc12)N1CCCC(CO)C1. The minimum absolute atomic E-state index is 0.0869. The lowest BCUT2D eigenvalue weighted by Gasteiger charge is -2.31. The summed E-state index contributed by atoms with van der Waals surface area (Å²) in [5.41, 5.74) is -0.0298. The van der Waals surface area contributed by atoms with E-state index in [2.05, 4.69) is 10.2 Å². The van der Waals surface area contributed by atoms with Crippen molar-refractivity contribution in [2.24, 2.45) is 5.92 Å². The fourth-order valence-corrected chi connectivity index (χ4v) is 2.83. The summed E-state index contributed by atoms with van der Waals surface area (Å²) in [6.45, 7) is 1.28. The number of likely N-dealkylation sites (tertiary alicyclic amines) is 1. The Morgan fingerprint density at radius 1 is 1.38 bits per heavy atom. The Bertz CT molecular complexity index is 725. The molecule has 1 saturated heterocycles. The molecule has 0 spiro atoms. The van der Waals surface area contributed by atoms with Crippen molar-refractivity contribution in [3.8, 4) is 0 Å². The third kappa shape index (κ3) is 2.54. The number of hydrogen-bond donors (Lipinski definition) is 2. The Balaban J connectivity index is 1.98. The molecule has 0 bridgehead atoms. The summed E-state index contributed by atoms with van der Waals surface area (Å²) in [4.78, 5) is 26.1.